The lowest BCUT2D eigenvalue weighted by atomic mass is 10.1. The molecule has 2 N–H and O–H groups in total. The van der Waals surface area contributed by atoms with E-state index in [9.17, 15) is 14.7 Å². The molecule has 0 aliphatic heterocycles. The SMILES string of the molecule is CC(C(=O)NC(C(=O)O)c1cnn(C)c1)n1cncn1. The Balaban J connectivity index is 2.13. The smallest absolute Gasteiger partial charge is 0.331 e. The second-order valence-electron chi connectivity index (χ2n) is 4.28. The topological polar surface area (TPSA) is 115 Å². The molecule has 0 aromatic carbocycles. The van der Waals surface area contributed by atoms with Crippen LogP contribution < -0.4 is 5.32 Å². The number of carboxylic acids is 1. The van der Waals surface area contributed by atoms with E-state index in [0.717, 1.165) is 0 Å². The van der Waals surface area contributed by atoms with Crippen LogP contribution in [0.2, 0.25) is 0 Å². The number of carbonyl (C=O) groups is 2. The summed E-state index contributed by atoms with van der Waals surface area (Å²) in [5.41, 5.74) is 0.402. The first-order chi connectivity index (χ1) is 9.49. The Morgan fingerprint density at radius 1 is 1.40 bits per heavy atom. The van der Waals surface area contributed by atoms with E-state index in [1.54, 1.807) is 20.2 Å². The number of aromatic nitrogens is 5. The van der Waals surface area contributed by atoms with Crippen molar-refractivity contribution in [3.05, 3.63) is 30.6 Å². The Hall–Kier alpha value is -2.71. The van der Waals surface area contributed by atoms with Crippen molar-refractivity contribution in [2.75, 3.05) is 0 Å². The van der Waals surface area contributed by atoms with Crippen LogP contribution in [0.1, 0.15) is 24.6 Å². The lowest BCUT2D eigenvalue weighted by molar-refractivity contribution is -0.142. The number of amides is 1. The predicted molar refractivity (Wildman–Crippen MR) is 66.5 cm³/mol. The molecule has 2 atom stereocenters. The first-order valence-corrected chi connectivity index (χ1v) is 5.85. The third-order valence-corrected chi connectivity index (χ3v) is 2.80. The summed E-state index contributed by atoms with van der Waals surface area (Å²) < 4.78 is 2.82. The summed E-state index contributed by atoms with van der Waals surface area (Å²) in [6.45, 7) is 1.60. The van der Waals surface area contributed by atoms with Gasteiger partial charge in [0.1, 0.15) is 18.7 Å². The number of carbonyl (C=O) groups excluding carboxylic acids is 1. The largest absolute Gasteiger partial charge is 0.479 e. The van der Waals surface area contributed by atoms with Crippen LogP contribution in [0.15, 0.2) is 25.0 Å². The molecule has 0 fully saturated rings. The van der Waals surface area contributed by atoms with Crippen LogP contribution in [0, 0.1) is 0 Å². The molecule has 2 aromatic heterocycles. The zero-order valence-electron chi connectivity index (χ0n) is 11.0. The van der Waals surface area contributed by atoms with Gasteiger partial charge in [-0.25, -0.2) is 14.5 Å². The summed E-state index contributed by atoms with van der Waals surface area (Å²) in [6.07, 6.45) is 5.64. The van der Waals surface area contributed by atoms with Crippen molar-refractivity contribution in [2.45, 2.75) is 19.0 Å². The van der Waals surface area contributed by atoms with E-state index in [-0.39, 0.29) is 0 Å². The summed E-state index contributed by atoms with van der Waals surface area (Å²) in [6, 6.07) is -1.81. The van der Waals surface area contributed by atoms with Crippen molar-refractivity contribution in [2.24, 2.45) is 7.05 Å². The van der Waals surface area contributed by atoms with Gasteiger partial charge in [0.05, 0.1) is 6.20 Å². The standard InChI is InChI=1S/C11H14N6O3/c1-7(17-6-12-5-14-17)10(18)15-9(11(19)20)8-3-13-16(2)4-8/h3-7,9H,1-2H3,(H,15,18)(H,19,20). The van der Waals surface area contributed by atoms with Gasteiger partial charge in [0.25, 0.3) is 0 Å². The molecule has 20 heavy (non-hydrogen) atoms. The maximum Gasteiger partial charge on any atom is 0.331 e. The molecular formula is C11H14N6O3. The first-order valence-electron chi connectivity index (χ1n) is 5.85. The Morgan fingerprint density at radius 2 is 2.15 bits per heavy atom. The molecular weight excluding hydrogens is 264 g/mol. The van der Waals surface area contributed by atoms with Gasteiger partial charge >= 0.3 is 5.97 Å². The zero-order chi connectivity index (χ0) is 14.7. The summed E-state index contributed by atoms with van der Waals surface area (Å²) >= 11 is 0. The number of rotatable bonds is 5. The fraction of sp³-hybridized carbons (Fsp3) is 0.364. The molecule has 9 nitrogen and oxygen atoms in total. The van der Waals surface area contributed by atoms with Gasteiger partial charge in [-0.1, -0.05) is 0 Å². The fourth-order valence-electron chi connectivity index (χ4n) is 1.68. The second-order valence-corrected chi connectivity index (χ2v) is 4.28. The minimum absolute atomic E-state index is 0.402. The second kappa shape index (κ2) is 5.51. The molecule has 2 heterocycles. The van der Waals surface area contributed by atoms with Crippen LogP contribution in [0.4, 0.5) is 0 Å². The van der Waals surface area contributed by atoms with Crippen molar-refractivity contribution in [3.8, 4) is 0 Å². The summed E-state index contributed by atoms with van der Waals surface area (Å²) in [5, 5.41) is 19.4. The van der Waals surface area contributed by atoms with Crippen LogP contribution in [0.3, 0.4) is 0 Å². The van der Waals surface area contributed by atoms with Gasteiger partial charge in [0, 0.05) is 18.8 Å². The van der Waals surface area contributed by atoms with Crippen LogP contribution in [0.5, 0.6) is 0 Å². The quantitative estimate of drug-likeness (QED) is 0.763. The van der Waals surface area contributed by atoms with Gasteiger partial charge in [-0.15, -0.1) is 0 Å². The number of aliphatic carboxylic acids is 1. The predicted octanol–water partition coefficient (Wildman–Crippen LogP) is -0.485. The fourth-order valence-corrected chi connectivity index (χ4v) is 1.68. The number of aryl methyl sites for hydroxylation is 1. The van der Waals surface area contributed by atoms with E-state index in [1.165, 1.54) is 28.2 Å². The summed E-state index contributed by atoms with van der Waals surface area (Å²) in [7, 11) is 1.67. The van der Waals surface area contributed by atoms with E-state index in [4.69, 9.17) is 0 Å². The first kappa shape index (κ1) is 13.7. The molecule has 0 radical (unpaired) electrons. The van der Waals surface area contributed by atoms with Gasteiger partial charge in [-0.05, 0) is 6.92 Å². The highest BCUT2D eigenvalue weighted by molar-refractivity contribution is 5.86. The van der Waals surface area contributed by atoms with E-state index in [2.05, 4.69) is 20.5 Å². The molecule has 0 saturated carbocycles. The van der Waals surface area contributed by atoms with Gasteiger partial charge in [0.2, 0.25) is 5.91 Å². The van der Waals surface area contributed by atoms with Crippen LogP contribution in [0.25, 0.3) is 0 Å². The third kappa shape index (κ3) is 2.82. The normalized spacial score (nSPS) is 13.7. The Kier molecular flexibility index (Phi) is 3.78. The molecule has 2 unspecified atom stereocenters. The highest BCUT2D eigenvalue weighted by atomic mass is 16.4. The molecule has 0 aliphatic rings. The minimum atomic E-state index is -1.16. The lowest BCUT2D eigenvalue weighted by Gasteiger charge is -2.16. The molecule has 0 spiro atoms. The average Bonchev–Trinajstić information content (AvgIpc) is 3.05. The third-order valence-electron chi connectivity index (χ3n) is 2.80. The average molecular weight is 278 g/mol. The Labute approximate surface area is 114 Å². The molecule has 2 rings (SSSR count). The van der Waals surface area contributed by atoms with Gasteiger partial charge in [-0.2, -0.15) is 10.2 Å². The zero-order valence-corrected chi connectivity index (χ0v) is 11.0. The summed E-state index contributed by atoms with van der Waals surface area (Å²) in [5.74, 6) is -1.62. The van der Waals surface area contributed by atoms with Crippen molar-refractivity contribution < 1.29 is 14.7 Å². The molecule has 0 aliphatic carbocycles. The highest BCUT2D eigenvalue weighted by Gasteiger charge is 2.26. The van der Waals surface area contributed by atoms with E-state index >= 15 is 0 Å². The maximum atomic E-state index is 12.0. The van der Waals surface area contributed by atoms with E-state index in [0.29, 0.717) is 5.56 Å². The molecule has 2 aromatic rings. The van der Waals surface area contributed by atoms with Crippen molar-refractivity contribution in [1.29, 1.82) is 0 Å². The van der Waals surface area contributed by atoms with Gasteiger partial charge in [-0.3, -0.25) is 9.48 Å². The van der Waals surface area contributed by atoms with Crippen molar-refractivity contribution in [3.63, 3.8) is 0 Å². The Bertz CT molecular complexity index is 605. The molecule has 0 saturated heterocycles. The number of nitrogens with zero attached hydrogens (tertiary/aromatic N) is 5. The highest BCUT2D eigenvalue weighted by Crippen LogP contribution is 2.14. The van der Waals surface area contributed by atoms with Crippen LogP contribution >= 0.6 is 0 Å². The van der Waals surface area contributed by atoms with Crippen molar-refractivity contribution >= 4 is 11.9 Å². The monoisotopic (exact) mass is 278 g/mol. The molecule has 9 heteroatoms. The number of carboxylic acid groups (broad SMARTS) is 1. The van der Waals surface area contributed by atoms with Crippen LogP contribution in [-0.2, 0) is 16.6 Å². The Morgan fingerprint density at radius 3 is 2.65 bits per heavy atom. The molecule has 0 bridgehead atoms. The number of hydrogen-bond donors (Lipinski definition) is 2. The number of nitrogens with one attached hydrogen (secondary N) is 1. The number of hydrogen-bond acceptors (Lipinski definition) is 5. The minimum Gasteiger partial charge on any atom is -0.479 e. The van der Waals surface area contributed by atoms with E-state index < -0.39 is 24.0 Å². The lowest BCUT2D eigenvalue weighted by Crippen LogP contribution is -2.37. The van der Waals surface area contributed by atoms with E-state index in [1.807, 2.05) is 0 Å². The van der Waals surface area contributed by atoms with Crippen LogP contribution in [-0.4, -0.2) is 41.5 Å². The van der Waals surface area contributed by atoms with Gasteiger partial charge < -0.3 is 10.4 Å². The summed E-state index contributed by atoms with van der Waals surface area (Å²) in [4.78, 5) is 27.1. The molecule has 106 valence electrons. The maximum absolute atomic E-state index is 12.0. The van der Waals surface area contributed by atoms with Gasteiger partial charge in [0.15, 0.2) is 6.04 Å². The molecule has 1 amide bonds. The van der Waals surface area contributed by atoms with Crippen molar-refractivity contribution in [1.82, 2.24) is 29.9 Å².